The van der Waals surface area contributed by atoms with E-state index in [1.54, 1.807) is 0 Å². The Morgan fingerprint density at radius 1 is 1.50 bits per heavy atom. The van der Waals surface area contributed by atoms with E-state index < -0.39 is 11.9 Å². The normalized spacial score (nSPS) is 10.1. The van der Waals surface area contributed by atoms with Gasteiger partial charge in [0.05, 0.1) is 24.7 Å². The van der Waals surface area contributed by atoms with Gasteiger partial charge in [0, 0.05) is 18.4 Å². The highest BCUT2D eigenvalue weighted by Crippen LogP contribution is 2.07. The average molecular weight is 300 g/mol. The van der Waals surface area contributed by atoms with Gasteiger partial charge in [-0.2, -0.15) is 16.9 Å². The summed E-state index contributed by atoms with van der Waals surface area (Å²) in [5, 5.41) is 6.55. The smallest absolute Gasteiger partial charge is 0.327 e. The Balaban J connectivity index is 2.31. The van der Waals surface area contributed by atoms with Gasteiger partial charge in [0.1, 0.15) is 6.54 Å². The van der Waals surface area contributed by atoms with Crippen LogP contribution in [-0.4, -0.2) is 46.2 Å². The lowest BCUT2D eigenvalue weighted by molar-refractivity contribution is -0.141. The molecule has 1 aromatic heterocycles. The average Bonchev–Trinajstić information content (AvgIpc) is 2.81. The molecular weight excluding hydrogens is 284 g/mol. The molecule has 0 radical (unpaired) electrons. The van der Waals surface area contributed by atoms with Crippen molar-refractivity contribution in [3.05, 3.63) is 12.4 Å². The van der Waals surface area contributed by atoms with Crippen LogP contribution in [0.3, 0.4) is 0 Å². The largest absolute Gasteiger partial charge is 0.468 e. The molecule has 0 saturated carbocycles. The maximum atomic E-state index is 11.6. The molecule has 0 aliphatic carbocycles. The Morgan fingerprint density at radius 3 is 2.90 bits per heavy atom. The van der Waals surface area contributed by atoms with E-state index in [2.05, 4.69) is 15.2 Å². The third kappa shape index (κ3) is 6.23. The molecule has 3 N–H and O–H groups in total. The summed E-state index contributed by atoms with van der Waals surface area (Å²) >= 11 is 1.30. The molecule has 2 amide bonds. The number of nitrogens with zero attached hydrogens (tertiary/aromatic N) is 2. The van der Waals surface area contributed by atoms with E-state index in [4.69, 9.17) is 5.73 Å². The first-order valence-electron chi connectivity index (χ1n) is 5.76. The summed E-state index contributed by atoms with van der Waals surface area (Å²) in [5.74, 6) is -0.317. The number of anilines is 1. The van der Waals surface area contributed by atoms with Crippen molar-refractivity contribution < 1.29 is 19.1 Å². The zero-order chi connectivity index (χ0) is 15.0. The predicted octanol–water partition coefficient (Wildman–Crippen LogP) is -0.397. The van der Waals surface area contributed by atoms with Crippen molar-refractivity contribution in [3.8, 4) is 0 Å². The molecule has 0 fully saturated rings. The van der Waals surface area contributed by atoms with Gasteiger partial charge in [-0.3, -0.25) is 19.1 Å². The maximum absolute atomic E-state index is 11.6. The quantitative estimate of drug-likeness (QED) is 0.498. The van der Waals surface area contributed by atoms with E-state index >= 15 is 0 Å². The molecule has 0 saturated heterocycles. The van der Waals surface area contributed by atoms with E-state index in [9.17, 15) is 14.4 Å². The van der Waals surface area contributed by atoms with Crippen molar-refractivity contribution in [1.82, 2.24) is 9.78 Å². The summed E-state index contributed by atoms with van der Waals surface area (Å²) in [4.78, 5) is 33.1. The van der Waals surface area contributed by atoms with Gasteiger partial charge in [-0.05, 0) is 0 Å². The van der Waals surface area contributed by atoms with Gasteiger partial charge in [0.25, 0.3) is 0 Å². The van der Waals surface area contributed by atoms with Crippen LogP contribution in [0.4, 0.5) is 5.69 Å². The second-order valence-electron chi connectivity index (χ2n) is 3.82. The fourth-order valence-corrected chi connectivity index (χ4v) is 1.95. The molecule has 0 atom stereocenters. The third-order valence-electron chi connectivity index (χ3n) is 2.15. The SMILES string of the molecule is COC(=O)Cn1cc(NC(=O)CCSCC(N)=O)cn1. The molecule has 0 spiro atoms. The topological polar surface area (TPSA) is 116 Å². The lowest BCUT2D eigenvalue weighted by Crippen LogP contribution is -2.15. The molecular formula is C11H16N4O4S. The Bertz CT molecular complexity index is 489. The van der Waals surface area contributed by atoms with Gasteiger partial charge in [0.15, 0.2) is 0 Å². The maximum Gasteiger partial charge on any atom is 0.327 e. The van der Waals surface area contributed by atoms with Crippen LogP contribution < -0.4 is 11.1 Å². The van der Waals surface area contributed by atoms with Gasteiger partial charge in [0.2, 0.25) is 11.8 Å². The fourth-order valence-electron chi connectivity index (χ4n) is 1.27. The number of ether oxygens (including phenoxy) is 1. The van der Waals surface area contributed by atoms with Crippen LogP contribution in [0.5, 0.6) is 0 Å². The summed E-state index contributed by atoms with van der Waals surface area (Å²) in [5.41, 5.74) is 5.48. The second-order valence-corrected chi connectivity index (χ2v) is 4.92. The third-order valence-corrected chi connectivity index (χ3v) is 3.13. The number of hydrogen-bond acceptors (Lipinski definition) is 6. The summed E-state index contributed by atoms with van der Waals surface area (Å²) < 4.78 is 5.87. The number of methoxy groups -OCH3 is 1. The molecule has 0 aliphatic heterocycles. The number of amides is 2. The van der Waals surface area contributed by atoms with E-state index in [0.717, 1.165) is 0 Å². The lowest BCUT2D eigenvalue weighted by atomic mass is 10.4. The van der Waals surface area contributed by atoms with E-state index in [0.29, 0.717) is 11.4 Å². The molecule has 0 aliphatic rings. The number of thioether (sulfide) groups is 1. The van der Waals surface area contributed by atoms with Crippen molar-refractivity contribution in [1.29, 1.82) is 0 Å². The van der Waals surface area contributed by atoms with Crippen LogP contribution in [0.2, 0.25) is 0 Å². The first kappa shape index (κ1) is 16.0. The van der Waals surface area contributed by atoms with Crippen LogP contribution >= 0.6 is 11.8 Å². The molecule has 9 heteroatoms. The number of nitrogens with one attached hydrogen (secondary N) is 1. The lowest BCUT2D eigenvalue weighted by Gasteiger charge is -2.02. The molecule has 8 nitrogen and oxygen atoms in total. The first-order valence-corrected chi connectivity index (χ1v) is 6.92. The number of esters is 1. The van der Waals surface area contributed by atoms with Crippen molar-refractivity contribution in [2.45, 2.75) is 13.0 Å². The van der Waals surface area contributed by atoms with Gasteiger partial charge < -0.3 is 15.8 Å². The van der Waals surface area contributed by atoms with E-state index in [-0.39, 0.29) is 24.6 Å². The number of primary amides is 1. The molecule has 0 aromatic carbocycles. The molecule has 1 rings (SSSR count). The minimum atomic E-state index is -0.422. The molecule has 20 heavy (non-hydrogen) atoms. The fraction of sp³-hybridized carbons (Fsp3) is 0.455. The molecule has 0 unspecified atom stereocenters. The number of carbonyl (C=O) groups excluding carboxylic acids is 3. The van der Waals surface area contributed by atoms with Gasteiger partial charge >= 0.3 is 5.97 Å². The van der Waals surface area contributed by atoms with Crippen LogP contribution in [0.15, 0.2) is 12.4 Å². The van der Waals surface area contributed by atoms with Gasteiger partial charge in [-0.1, -0.05) is 0 Å². The Labute approximate surface area is 120 Å². The minimum Gasteiger partial charge on any atom is -0.468 e. The molecule has 0 bridgehead atoms. The minimum absolute atomic E-state index is 0.0131. The van der Waals surface area contributed by atoms with Gasteiger partial charge in [-0.15, -0.1) is 0 Å². The Kier molecular flexibility index (Phi) is 6.57. The Hall–Kier alpha value is -2.03. The number of rotatable bonds is 8. The molecule has 110 valence electrons. The van der Waals surface area contributed by atoms with Gasteiger partial charge in [-0.25, -0.2) is 0 Å². The molecule has 1 heterocycles. The molecule has 1 aromatic rings. The zero-order valence-electron chi connectivity index (χ0n) is 11.0. The predicted molar refractivity (Wildman–Crippen MR) is 74.0 cm³/mol. The number of carbonyl (C=O) groups is 3. The summed E-state index contributed by atoms with van der Waals surface area (Å²) in [7, 11) is 1.29. The van der Waals surface area contributed by atoms with Crippen molar-refractivity contribution >= 4 is 35.2 Å². The van der Waals surface area contributed by atoms with Crippen molar-refractivity contribution in [2.24, 2.45) is 5.73 Å². The van der Waals surface area contributed by atoms with Crippen molar-refractivity contribution in [3.63, 3.8) is 0 Å². The van der Waals surface area contributed by atoms with Crippen LogP contribution in [0, 0.1) is 0 Å². The zero-order valence-corrected chi connectivity index (χ0v) is 11.8. The standard InChI is InChI=1S/C11H16N4O4S/c1-19-11(18)6-15-5-8(4-13-15)14-10(17)2-3-20-7-9(12)16/h4-5H,2-3,6-7H2,1H3,(H2,12,16)(H,14,17). The Morgan fingerprint density at radius 2 is 2.25 bits per heavy atom. The van der Waals surface area contributed by atoms with Crippen LogP contribution in [0.1, 0.15) is 6.42 Å². The highest BCUT2D eigenvalue weighted by molar-refractivity contribution is 7.99. The van der Waals surface area contributed by atoms with E-state index in [1.165, 1.54) is 35.9 Å². The highest BCUT2D eigenvalue weighted by Gasteiger charge is 2.07. The van der Waals surface area contributed by atoms with Crippen molar-refractivity contribution in [2.75, 3.05) is 23.9 Å². The summed E-state index contributed by atoms with van der Waals surface area (Å²) in [6.45, 7) is -0.0131. The van der Waals surface area contributed by atoms with E-state index in [1.807, 2.05) is 0 Å². The first-order chi connectivity index (χ1) is 9.51. The summed E-state index contributed by atoms with van der Waals surface area (Å²) in [6.07, 6.45) is 3.24. The van der Waals surface area contributed by atoms with Crippen LogP contribution in [0.25, 0.3) is 0 Å². The monoisotopic (exact) mass is 300 g/mol. The summed E-state index contributed by atoms with van der Waals surface area (Å²) in [6, 6.07) is 0. The highest BCUT2D eigenvalue weighted by atomic mass is 32.2. The number of hydrogen-bond donors (Lipinski definition) is 2. The number of aromatic nitrogens is 2. The number of nitrogens with two attached hydrogens (primary N) is 1. The van der Waals surface area contributed by atoms with Crippen LogP contribution in [-0.2, 0) is 25.7 Å². The second kappa shape index (κ2) is 8.20.